The molecule has 21 heteroatoms. The molecule has 66 heavy (non-hydrogen) atoms. The molecule has 1 radical (unpaired) electrons. The second-order valence-electron chi connectivity index (χ2n) is 18.4. The quantitative estimate of drug-likeness (QED) is 0.0498. The molecule has 0 atom stereocenters. The van der Waals surface area contributed by atoms with Gasteiger partial charge in [0.05, 0.1) is 91.6 Å². The standard InChI is InChI=1S/5C9H21O3P.Rh/c5*1-7(2)10-13(11-8(3)4)12-9(5)6;/h5*7-9H,1-6H3;. The van der Waals surface area contributed by atoms with E-state index in [4.69, 9.17) is 67.9 Å². The van der Waals surface area contributed by atoms with Gasteiger partial charge in [-0.15, -0.1) is 0 Å². The van der Waals surface area contributed by atoms with Crippen LogP contribution >= 0.6 is 43.0 Å². The third kappa shape index (κ3) is 72.7. The Balaban J connectivity index is -0.000000170. The second kappa shape index (κ2) is 49.4. The molecule has 0 aliphatic heterocycles. The molecule has 0 rings (SSSR count). The van der Waals surface area contributed by atoms with E-state index in [0.29, 0.717) is 0 Å². The molecule has 0 fully saturated rings. The summed E-state index contributed by atoms with van der Waals surface area (Å²) in [7, 11) is -5.90. The smallest absolute Gasteiger partial charge is 0.309 e. The van der Waals surface area contributed by atoms with Crippen LogP contribution in [0.1, 0.15) is 208 Å². The molecular formula is C45H105O15P5Rh. The minimum atomic E-state index is -1.18. The maximum absolute atomic E-state index is 5.49. The summed E-state index contributed by atoms with van der Waals surface area (Å²) < 4.78 is 82.4. The molecular weight excluding hydrogens is 1040 g/mol. The minimum Gasteiger partial charge on any atom is -0.309 e. The molecule has 0 spiro atoms. The van der Waals surface area contributed by atoms with Gasteiger partial charge in [-0.2, -0.15) is 0 Å². The van der Waals surface area contributed by atoms with Crippen molar-refractivity contribution in [3.05, 3.63) is 0 Å². The molecule has 15 nitrogen and oxygen atoms in total. The van der Waals surface area contributed by atoms with Crippen LogP contribution in [0.5, 0.6) is 0 Å². The van der Waals surface area contributed by atoms with E-state index in [1.807, 2.05) is 208 Å². The Morgan fingerprint density at radius 1 is 0.136 bits per heavy atom. The Morgan fingerprint density at radius 2 is 0.182 bits per heavy atom. The van der Waals surface area contributed by atoms with Gasteiger partial charge in [0.2, 0.25) is 0 Å². The molecule has 0 aliphatic rings. The van der Waals surface area contributed by atoms with Crippen LogP contribution in [-0.2, 0) is 87.3 Å². The Hall–Kier alpha value is 2.17. The monoisotopic (exact) mass is 1140 g/mol. The largest absolute Gasteiger partial charge is 0.333 e. The van der Waals surface area contributed by atoms with Crippen molar-refractivity contribution in [3.63, 3.8) is 0 Å². The Kier molecular flexibility index (Phi) is 59.6. The van der Waals surface area contributed by atoms with Crippen LogP contribution in [0.15, 0.2) is 0 Å². The van der Waals surface area contributed by atoms with Crippen LogP contribution in [0.25, 0.3) is 0 Å². The van der Waals surface area contributed by atoms with Crippen LogP contribution in [0, 0.1) is 0 Å². The zero-order valence-corrected chi connectivity index (χ0v) is 53.5. The van der Waals surface area contributed by atoms with Crippen molar-refractivity contribution in [2.45, 2.75) is 299 Å². The molecule has 0 N–H and O–H groups in total. The van der Waals surface area contributed by atoms with Gasteiger partial charge in [-0.05, 0) is 208 Å². The molecule has 0 amide bonds. The third-order valence-electron chi connectivity index (χ3n) is 4.45. The van der Waals surface area contributed by atoms with E-state index >= 15 is 0 Å². The molecule has 0 unspecified atom stereocenters. The van der Waals surface area contributed by atoms with E-state index in [2.05, 4.69) is 0 Å². The first kappa shape index (κ1) is 79.6. The maximum Gasteiger partial charge on any atom is 0.333 e. The van der Waals surface area contributed by atoms with E-state index in [0.717, 1.165) is 0 Å². The van der Waals surface area contributed by atoms with E-state index < -0.39 is 43.0 Å². The van der Waals surface area contributed by atoms with Crippen LogP contribution in [0.2, 0.25) is 0 Å². The third-order valence-corrected chi connectivity index (χ3v) is 13.4. The Morgan fingerprint density at radius 3 is 0.212 bits per heavy atom. The summed E-state index contributed by atoms with van der Waals surface area (Å²) in [5, 5.41) is 0. The zero-order chi connectivity index (χ0) is 52.2. The average molecular weight is 1140 g/mol. The zero-order valence-electron chi connectivity index (χ0n) is 47.4. The van der Waals surface area contributed by atoms with E-state index in [-0.39, 0.29) is 111 Å². The van der Waals surface area contributed by atoms with Crippen molar-refractivity contribution in [2.24, 2.45) is 0 Å². The van der Waals surface area contributed by atoms with Gasteiger partial charge >= 0.3 is 43.0 Å². The molecule has 0 saturated heterocycles. The van der Waals surface area contributed by atoms with Crippen molar-refractivity contribution in [3.8, 4) is 0 Å². The van der Waals surface area contributed by atoms with Crippen molar-refractivity contribution in [1.29, 1.82) is 0 Å². The summed E-state index contributed by atoms with van der Waals surface area (Å²) in [6.07, 6.45) is 2.13. The number of hydrogen-bond donors (Lipinski definition) is 0. The molecule has 0 aromatic heterocycles. The summed E-state index contributed by atoms with van der Waals surface area (Å²) in [5.41, 5.74) is 0. The van der Waals surface area contributed by atoms with E-state index in [9.17, 15) is 0 Å². The fraction of sp³-hybridized carbons (Fsp3) is 1.00. The van der Waals surface area contributed by atoms with Crippen LogP contribution in [-0.4, -0.2) is 91.6 Å². The predicted molar refractivity (Wildman–Crippen MR) is 278 cm³/mol. The fourth-order valence-electron chi connectivity index (χ4n) is 2.95. The summed E-state index contributed by atoms with van der Waals surface area (Å²) in [4.78, 5) is 0. The molecule has 0 saturated carbocycles. The summed E-state index contributed by atoms with van der Waals surface area (Å²) in [6.45, 7) is 59.2. The molecule has 409 valence electrons. The van der Waals surface area contributed by atoms with Gasteiger partial charge in [0.1, 0.15) is 0 Å². The van der Waals surface area contributed by atoms with Gasteiger partial charge in [-0.25, -0.2) is 0 Å². The van der Waals surface area contributed by atoms with E-state index in [1.54, 1.807) is 0 Å². The van der Waals surface area contributed by atoms with Crippen molar-refractivity contribution in [2.75, 3.05) is 0 Å². The first-order valence-corrected chi connectivity index (χ1v) is 29.1. The van der Waals surface area contributed by atoms with Crippen molar-refractivity contribution >= 4 is 43.0 Å². The summed E-state index contributed by atoms with van der Waals surface area (Å²) >= 11 is 0. The van der Waals surface area contributed by atoms with Crippen molar-refractivity contribution < 1.29 is 87.3 Å². The SMILES string of the molecule is CC(C)OP(OC(C)C)OC(C)C.CC(C)OP(OC(C)C)OC(C)C.CC(C)OP(OC(C)C)OC(C)C.CC(C)OP(OC(C)C)OC(C)C.CC(C)OP(OC(C)C)OC(C)C.[Rh]. The first-order chi connectivity index (χ1) is 29.6. The van der Waals surface area contributed by atoms with E-state index in [1.165, 1.54) is 0 Å². The predicted octanol–water partition coefficient (Wildman–Crippen LogP) is 17.4. The molecule has 0 aromatic carbocycles. The number of rotatable bonds is 30. The Labute approximate surface area is 427 Å². The van der Waals surface area contributed by atoms with Gasteiger partial charge < -0.3 is 67.9 Å². The summed E-state index contributed by atoms with van der Waals surface area (Å²) in [6, 6.07) is 0. The van der Waals surface area contributed by atoms with Gasteiger partial charge in [0.25, 0.3) is 0 Å². The topological polar surface area (TPSA) is 138 Å². The number of hydrogen-bond acceptors (Lipinski definition) is 15. The van der Waals surface area contributed by atoms with Crippen molar-refractivity contribution in [1.82, 2.24) is 0 Å². The Bertz CT molecular complexity index is 693. The second-order valence-corrected chi connectivity index (χ2v) is 23.8. The molecule has 0 heterocycles. The first-order valence-electron chi connectivity index (χ1n) is 23.6. The normalized spacial score (nSPS) is 12.3. The van der Waals surface area contributed by atoms with Crippen LogP contribution in [0.4, 0.5) is 0 Å². The van der Waals surface area contributed by atoms with Crippen LogP contribution < -0.4 is 0 Å². The average Bonchev–Trinajstić information content (AvgIpc) is 3.01. The molecule has 0 aliphatic carbocycles. The van der Waals surface area contributed by atoms with Crippen LogP contribution in [0.3, 0.4) is 0 Å². The molecule has 0 bridgehead atoms. The maximum atomic E-state index is 5.49. The van der Waals surface area contributed by atoms with Gasteiger partial charge in [0, 0.05) is 19.5 Å². The van der Waals surface area contributed by atoms with Gasteiger partial charge in [-0.1, -0.05) is 0 Å². The minimum absolute atomic E-state index is 0. The fourth-order valence-corrected chi connectivity index (χ4v) is 8.86. The van der Waals surface area contributed by atoms with Gasteiger partial charge in [0.15, 0.2) is 0 Å². The van der Waals surface area contributed by atoms with Gasteiger partial charge in [-0.3, -0.25) is 0 Å². The summed E-state index contributed by atoms with van der Waals surface area (Å²) in [5.74, 6) is 0. The molecule has 0 aromatic rings.